The fraction of sp³-hybridized carbons (Fsp3) is 0.407. The molecule has 0 N–H and O–H groups in total. The minimum atomic E-state index is -0.512. The number of carbonyl (C=O) groups is 1. The SMILES string of the molecule is COc1ccc(N2[C@@H]3CC[C@H]2C[C@@H](OC(=O)c2cc4ccccc4n(C(C)C)c2=O)C3)cc1. The van der Waals surface area contributed by atoms with E-state index in [2.05, 4.69) is 17.0 Å². The zero-order valence-electron chi connectivity index (χ0n) is 19.4. The van der Waals surface area contributed by atoms with Crippen LogP contribution in [0, 0.1) is 0 Å². The van der Waals surface area contributed by atoms with Gasteiger partial charge in [-0.1, -0.05) is 18.2 Å². The Morgan fingerprint density at radius 2 is 1.67 bits per heavy atom. The van der Waals surface area contributed by atoms with Crippen molar-refractivity contribution >= 4 is 22.6 Å². The van der Waals surface area contributed by atoms with E-state index in [1.165, 1.54) is 5.69 Å². The van der Waals surface area contributed by atoms with E-state index in [1.54, 1.807) is 17.7 Å². The number of para-hydroxylation sites is 1. The van der Waals surface area contributed by atoms with Crippen molar-refractivity contribution in [2.45, 2.75) is 63.8 Å². The van der Waals surface area contributed by atoms with Gasteiger partial charge in [0.25, 0.3) is 5.56 Å². The highest BCUT2D eigenvalue weighted by atomic mass is 16.5. The number of methoxy groups -OCH3 is 1. The molecule has 2 aliphatic heterocycles. The molecule has 33 heavy (non-hydrogen) atoms. The summed E-state index contributed by atoms with van der Waals surface area (Å²) < 4.78 is 12.9. The van der Waals surface area contributed by atoms with Crippen molar-refractivity contribution in [3.63, 3.8) is 0 Å². The Morgan fingerprint density at radius 1 is 1.00 bits per heavy atom. The number of aromatic nitrogens is 1. The fourth-order valence-electron chi connectivity index (χ4n) is 5.56. The lowest BCUT2D eigenvalue weighted by atomic mass is 9.98. The molecule has 2 fully saturated rings. The minimum absolute atomic E-state index is 0.0567. The first-order chi connectivity index (χ1) is 16.0. The highest BCUT2D eigenvalue weighted by Gasteiger charge is 2.42. The summed E-state index contributed by atoms with van der Waals surface area (Å²) in [6.45, 7) is 3.91. The van der Waals surface area contributed by atoms with Gasteiger partial charge in [0, 0.05) is 36.7 Å². The van der Waals surface area contributed by atoms with Crippen LogP contribution >= 0.6 is 0 Å². The van der Waals surface area contributed by atoms with Crippen molar-refractivity contribution < 1.29 is 14.3 Å². The van der Waals surface area contributed by atoms with Gasteiger partial charge in [0.05, 0.1) is 12.6 Å². The summed E-state index contributed by atoms with van der Waals surface area (Å²) in [5.41, 5.74) is 1.85. The topological polar surface area (TPSA) is 60.8 Å². The maximum Gasteiger partial charge on any atom is 0.344 e. The Hall–Kier alpha value is -3.28. The van der Waals surface area contributed by atoms with E-state index in [4.69, 9.17) is 9.47 Å². The van der Waals surface area contributed by atoms with Crippen LogP contribution in [0.5, 0.6) is 5.75 Å². The molecule has 0 amide bonds. The first-order valence-electron chi connectivity index (χ1n) is 11.7. The predicted octanol–water partition coefficient (Wildman–Crippen LogP) is 4.95. The molecule has 6 nitrogen and oxygen atoms in total. The van der Waals surface area contributed by atoms with Crippen molar-refractivity contribution in [2.24, 2.45) is 0 Å². The molecular weight excluding hydrogens is 416 g/mol. The smallest absolute Gasteiger partial charge is 0.344 e. The average Bonchev–Trinajstić information content (AvgIpc) is 3.08. The van der Waals surface area contributed by atoms with E-state index in [0.717, 1.165) is 42.3 Å². The van der Waals surface area contributed by atoms with Crippen LogP contribution in [0.15, 0.2) is 59.4 Å². The Balaban J connectivity index is 1.36. The number of carbonyl (C=O) groups excluding carboxylic acids is 1. The number of piperidine rings is 1. The highest BCUT2D eigenvalue weighted by Crippen LogP contribution is 2.40. The van der Waals surface area contributed by atoms with Gasteiger partial charge in [-0.25, -0.2) is 4.79 Å². The first kappa shape index (κ1) is 21.6. The Labute approximate surface area is 193 Å². The van der Waals surface area contributed by atoms with Crippen LogP contribution in [-0.2, 0) is 4.74 Å². The van der Waals surface area contributed by atoms with Crippen LogP contribution in [0.3, 0.4) is 0 Å². The van der Waals surface area contributed by atoms with Gasteiger partial charge in [0.15, 0.2) is 0 Å². The lowest BCUT2D eigenvalue weighted by Gasteiger charge is -2.40. The van der Waals surface area contributed by atoms with Gasteiger partial charge in [-0.15, -0.1) is 0 Å². The minimum Gasteiger partial charge on any atom is -0.497 e. The predicted molar refractivity (Wildman–Crippen MR) is 129 cm³/mol. The van der Waals surface area contributed by atoms with Crippen molar-refractivity contribution in [2.75, 3.05) is 12.0 Å². The van der Waals surface area contributed by atoms with Gasteiger partial charge in [-0.3, -0.25) is 4.79 Å². The quantitative estimate of drug-likeness (QED) is 0.519. The summed E-state index contributed by atoms with van der Waals surface area (Å²) in [6.07, 6.45) is 3.55. The summed E-state index contributed by atoms with van der Waals surface area (Å²) in [4.78, 5) is 28.8. The lowest BCUT2D eigenvalue weighted by molar-refractivity contribution is 0.0201. The number of hydrogen-bond acceptors (Lipinski definition) is 5. The molecular formula is C27H30N2O4. The number of nitrogens with zero attached hydrogens (tertiary/aromatic N) is 2. The third kappa shape index (κ3) is 3.88. The number of pyridine rings is 1. The van der Waals surface area contributed by atoms with Crippen LogP contribution in [0.1, 0.15) is 55.9 Å². The molecule has 2 aromatic carbocycles. The molecule has 2 saturated heterocycles. The van der Waals surface area contributed by atoms with Gasteiger partial charge in [0.1, 0.15) is 17.4 Å². The molecule has 1 aromatic heterocycles. The van der Waals surface area contributed by atoms with Crippen LogP contribution in [-0.4, -0.2) is 35.8 Å². The molecule has 3 aromatic rings. The number of anilines is 1. The third-order valence-corrected chi connectivity index (χ3v) is 7.02. The highest BCUT2D eigenvalue weighted by molar-refractivity contribution is 5.94. The van der Waals surface area contributed by atoms with Gasteiger partial charge in [-0.2, -0.15) is 0 Å². The number of esters is 1. The van der Waals surface area contributed by atoms with Crippen LogP contribution in [0.4, 0.5) is 5.69 Å². The van der Waals surface area contributed by atoms with Crippen LogP contribution in [0.25, 0.3) is 10.9 Å². The molecule has 0 saturated carbocycles. The summed E-state index contributed by atoms with van der Waals surface area (Å²) in [6, 6.07) is 18.1. The molecule has 0 aliphatic carbocycles. The van der Waals surface area contributed by atoms with E-state index in [0.29, 0.717) is 12.1 Å². The van der Waals surface area contributed by atoms with Crippen molar-refractivity contribution in [3.8, 4) is 5.75 Å². The molecule has 0 unspecified atom stereocenters. The Kier molecular flexibility index (Phi) is 5.60. The molecule has 6 heteroatoms. The van der Waals surface area contributed by atoms with E-state index in [1.807, 2.05) is 50.2 Å². The fourth-order valence-corrected chi connectivity index (χ4v) is 5.56. The van der Waals surface area contributed by atoms with E-state index >= 15 is 0 Å². The lowest BCUT2D eigenvalue weighted by Crippen LogP contribution is -2.46. The number of benzene rings is 2. The zero-order chi connectivity index (χ0) is 23.1. The van der Waals surface area contributed by atoms with Crippen molar-refractivity contribution in [3.05, 3.63) is 70.5 Å². The molecule has 2 bridgehead atoms. The standard InChI is InChI=1S/C27H30N2O4/c1-17(2)28-25-7-5-4-6-18(25)14-24(26(28)30)27(31)33-23-15-20-8-9-21(16-23)29(20)19-10-12-22(32-3)13-11-19/h4-7,10-14,17,20-21,23H,8-9,15-16H2,1-3H3/t20-,21+,23+. The second-order valence-corrected chi connectivity index (χ2v) is 9.37. The average molecular weight is 447 g/mol. The normalized spacial score (nSPS) is 22.1. The van der Waals surface area contributed by atoms with E-state index in [-0.39, 0.29) is 23.3 Å². The van der Waals surface area contributed by atoms with Crippen LogP contribution in [0.2, 0.25) is 0 Å². The van der Waals surface area contributed by atoms with Gasteiger partial charge in [-0.05, 0) is 68.5 Å². The molecule has 2 aliphatic rings. The molecule has 3 atom stereocenters. The summed E-state index contributed by atoms with van der Waals surface area (Å²) in [5, 5.41) is 0.868. The van der Waals surface area contributed by atoms with Crippen molar-refractivity contribution in [1.82, 2.24) is 4.57 Å². The Bertz CT molecular complexity index is 1220. The third-order valence-electron chi connectivity index (χ3n) is 7.02. The van der Waals surface area contributed by atoms with Crippen molar-refractivity contribution in [1.29, 1.82) is 0 Å². The van der Waals surface area contributed by atoms with Crippen LogP contribution < -0.4 is 15.2 Å². The maximum absolute atomic E-state index is 13.2. The second kappa shape index (κ2) is 8.58. The largest absolute Gasteiger partial charge is 0.497 e. The second-order valence-electron chi connectivity index (χ2n) is 9.37. The molecule has 0 spiro atoms. The molecule has 172 valence electrons. The number of rotatable bonds is 5. The number of hydrogen-bond donors (Lipinski definition) is 0. The first-order valence-corrected chi connectivity index (χ1v) is 11.7. The van der Waals surface area contributed by atoms with Gasteiger partial charge >= 0.3 is 5.97 Å². The monoisotopic (exact) mass is 446 g/mol. The number of fused-ring (bicyclic) bond motifs is 3. The zero-order valence-corrected chi connectivity index (χ0v) is 19.4. The molecule has 3 heterocycles. The van der Waals surface area contributed by atoms with Gasteiger partial charge < -0.3 is 18.9 Å². The Morgan fingerprint density at radius 3 is 2.30 bits per heavy atom. The molecule has 0 radical (unpaired) electrons. The molecule has 5 rings (SSSR count). The summed E-state index contributed by atoms with van der Waals surface area (Å²) in [7, 11) is 1.67. The summed E-state index contributed by atoms with van der Waals surface area (Å²) in [5.74, 6) is 0.333. The van der Waals surface area contributed by atoms with Gasteiger partial charge in [0.2, 0.25) is 0 Å². The number of ether oxygens (including phenoxy) is 2. The van der Waals surface area contributed by atoms with E-state index in [9.17, 15) is 9.59 Å². The summed E-state index contributed by atoms with van der Waals surface area (Å²) >= 11 is 0. The maximum atomic E-state index is 13.2. The van der Waals surface area contributed by atoms with E-state index < -0.39 is 5.97 Å².